The highest BCUT2D eigenvalue weighted by molar-refractivity contribution is 5.18. The first-order chi connectivity index (χ1) is 7.29. The van der Waals surface area contributed by atoms with E-state index in [0.29, 0.717) is 12.6 Å². The second kappa shape index (κ2) is 3.91. The Morgan fingerprint density at radius 1 is 1.53 bits per heavy atom. The monoisotopic (exact) mass is 206 g/mol. The van der Waals surface area contributed by atoms with Gasteiger partial charge in [0, 0.05) is 19.4 Å². The van der Waals surface area contributed by atoms with Crippen molar-refractivity contribution in [1.29, 1.82) is 0 Å². The molecule has 0 bridgehead atoms. The van der Waals surface area contributed by atoms with Crippen LogP contribution in [0.3, 0.4) is 0 Å². The van der Waals surface area contributed by atoms with Gasteiger partial charge in [-0.15, -0.1) is 0 Å². The molecule has 0 aliphatic heterocycles. The van der Waals surface area contributed by atoms with Crippen molar-refractivity contribution in [1.82, 2.24) is 24.3 Å². The van der Waals surface area contributed by atoms with Gasteiger partial charge in [0.2, 0.25) is 5.95 Å². The van der Waals surface area contributed by atoms with Crippen molar-refractivity contribution in [2.45, 2.75) is 6.67 Å². The van der Waals surface area contributed by atoms with E-state index in [2.05, 4.69) is 20.4 Å². The summed E-state index contributed by atoms with van der Waals surface area (Å²) in [4.78, 5) is 19.1. The normalized spacial score (nSPS) is 10.2. The Morgan fingerprint density at radius 2 is 2.40 bits per heavy atom. The van der Waals surface area contributed by atoms with Crippen LogP contribution in [-0.2, 0) is 6.67 Å². The van der Waals surface area contributed by atoms with Crippen LogP contribution in [0.25, 0.3) is 0 Å². The predicted octanol–water partition coefficient (Wildman–Crippen LogP) is -0.618. The molecule has 0 radical (unpaired) electrons. The number of hydrogen-bond donors (Lipinski definition) is 1. The second-order valence-corrected chi connectivity index (χ2v) is 2.87. The topological polar surface area (TPSA) is 77.6 Å². The Labute approximate surface area is 85.4 Å². The molecule has 0 unspecified atom stereocenters. The van der Waals surface area contributed by atoms with Gasteiger partial charge in [0.25, 0.3) is 0 Å². The minimum atomic E-state index is -0.357. The van der Waals surface area contributed by atoms with Crippen LogP contribution < -0.4 is 11.0 Å². The van der Waals surface area contributed by atoms with Gasteiger partial charge in [-0.05, 0) is 6.07 Å². The maximum Gasteiger partial charge on any atom is 0.353 e. The van der Waals surface area contributed by atoms with Crippen LogP contribution in [0.4, 0.5) is 5.95 Å². The third-order valence-corrected chi connectivity index (χ3v) is 1.85. The molecule has 0 atom stereocenters. The first-order valence-corrected chi connectivity index (χ1v) is 4.38. The highest BCUT2D eigenvalue weighted by Gasteiger charge is 2.00. The van der Waals surface area contributed by atoms with Crippen LogP contribution in [0.2, 0.25) is 0 Å². The molecule has 7 heteroatoms. The first kappa shape index (κ1) is 9.38. The van der Waals surface area contributed by atoms with Crippen molar-refractivity contribution in [3.05, 3.63) is 35.3 Å². The van der Waals surface area contributed by atoms with Crippen molar-refractivity contribution in [3.8, 4) is 0 Å². The number of nitrogens with one attached hydrogen (secondary N) is 1. The largest absolute Gasteiger partial charge is 0.357 e. The smallest absolute Gasteiger partial charge is 0.353 e. The summed E-state index contributed by atoms with van der Waals surface area (Å²) in [5, 5.41) is 6.68. The van der Waals surface area contributed by atoms with E-state index < -0.39 is 0 Å². The molecule has 2 rings (SSSR count). The van der Waals surface area contributed by atoms with Crippen molar-refractivity contribution >= 4 is 5.95 Å². The number of nitrogens with zero attached hydrogens (tertiary/aromatic N) is 5. The lowest BCUT2D eigenvalue weighted by Gasteiger charge is -2.04. The van der Waals surface area contributed by atoms with Crippen molar-refractivity contribution in [2.24, 2.45) is 0 Å². The maximum atomic E-state index is 11.5. The molecule has 0 saturated carbocycles. The molecule has 0 aromatic carbocycles. The van der Waals surface area contributed by atoms with Gasteiger partial charge in [-0.25, -0.2) is 9.78 Å². The fraction of sp³-hybridized carbons (Fsp3) is 0.250. The standard InChI is InChI=1S/C8H10N6O/c1-9-7-10-5-13(8(15)12-7)6-14-4-2-3-11-14/h2-5H,6H2,1H3,(H,9,12,15). The van der Waals surface area contributed by atoms with Gasteiger partial charge in [-0.2, -0.15) is 10.1 Å². The zero-order valence-electron chi connectivity index (χ0n) is 8.16. The molecule has 0 aliphatic carbocycles. The Balaban J connectivity index is 2.26. The molecule has 7 nitrogen and oxygen atoms in total. The minimum absolute atomic E-state index is 0.315. The van der Waals surface area contributed by atoms with Crippen LogP contribution in [-0.4, -0.2) is 31.4 Å². The van der Waals surface area contributed by atoms with Crippen LogP contribution in [0.5, 0.6) is 0 Å². The van der Waals surface area contributed by atoms with Gasteiger partial charge in [-0.1, -0.05) is 0 Å². The second-order valence-electron chi connectivity index (χ2n) is 2.87. The van der Waals surface area contributed by atoms with Crippen molar-refractivity contribution < 1.29 is 0 Å². The lowest BCUT2D eigenvalue weighted by Crippen LogP contribution is -2.27. The molecule has 2 aromatic heterocycles. The van der Waals surface area contributed by atoms with Gasteiger partial charge in [0.15, 0.2) is 0 Å². The summed E-state index contributed by atoms with van der Waals surface area (Å²) in [5.74, 6) is 0.316. The third kappa shape index (κ3) is 2.01. The van der Waals surface area contributed by atoms with E-state index in [1.54, 1.807) is 30.2 Å². The van der Waals surface area contributed by atoms with E-state index in [1.807, 2.05) is 0 Å². The summed E-state index contributed by atoms with van der Waals surface area (Å²) < 4.78 is 2.98. The highest BCUT2D eigenvalue weighted by atomic mass is 16.1. The van der Waals surface area contributed by atoms with Crippen LogP contribution >= 0.6 is 0 Å². The lowest BCUT2D eigenvalue weighted by atomic mass is 10.7. The molecule has 0 amide bonds. The zero-order chi connectivity index (χ0) is 10.7. The number of rotatable bonds is 3. The summed E-state index contributed by atoms with van der Waals surface area (Å²) in [5.41, 5.74) is -0.357. The van der Waals surface area contributed by atoms with Crippen molar-refractivity contribution in [2.75, 3.05) is 12.4 Å². The molecule has 0 aliphatic rings. The molecular weight excluding hydrogens is 196 g/mol. The van der Waals surface area contributed by atoms with Crippen molar-refractivity contribution in [3.63, 3.8) is 0 Å². The Morgan fingerprint density at radius 3 is 3.00 bits per heavy atom. The fourth-order valence-electron chi connectivity index (χ4n) is 1.12. The van der Waals surface area contributed by atoms with Crippen LogP contribution in [0.15, 0.2) is 29.6 Å². The molecule has 78 valence electrons. The van der Waals surface area contributed by atoms with Gasteiger partial charge in [-0.3, -0.25) is 9.25 Å². The Bertz CT molecular complexity index is 488. The fourth-order valence-corrected chi connectivity index (χ4v) is 1.12. The molecule has 0 spiro atoms. The summed E-state index contributed by atoms with van der Waals surface area (Å²) >= 11 is 0. The third-order valence-electron chi connectivity index (χ3n) is 1.85. The number of anilines is 1. The molecule has 2 aromatic rings. The molecule has 2 heterocycles. The van der Waals surface area contributed by atoms with Crippen LogP contribution in [0, 0.1) is 0 Å². The molecule has 15 heavy (non-hydrogen) atoms. The van der Waals surface area contributed by atoms with Gasteiger partial charge in [0.1, 0.15) is 13.0 Å². The van der Waals surface area contributed by atoms with Gasteiger partial charge in [0.05, 0.1) is 0 Å². The lowest BCUT2D eigenvalue weighted by molar-refractivity contribution is 0.517. The van der Waals surface area contributed by atoms with E-state index in [0.717, 1.165) is 0 Å². The number of aromatic nitrogens is 5. The summed E-state index contributed by atoms with van der Waals surface area (Å²) in [7, 11) is 1.66. The van der Waals surface area contributed by atoms with Gasteiger partial charge >= 0.3 is 5.69 Å². The molecular formula is C8H10N6O. The first-order valence-electron chi connectivity index (χ1n) is 4.38. The quantitative estimate of drug-likeness (QED) is 0.724. The van der Waals surface area contributed by atoms with Crippen LogP contribution in [0.1, 0.15) is 0 Å². The van der Waals surface area contributed by atoms with E-state index in [-0.39, 0.29) is 5.69 Å². The zero-order valence-corrected chi connectivity index (χ0v) is 8.16. The Kier molecular flexibility index (Phi) is 2.44. The van der Waals surface area contributed by atoms with Gasteiger partial charge < -0.3 is 5.32 Å². The average molecular weight is 206 g/mol. The summed E-state index contributed by atoms with van der Waals surface area (Å²) in [6, 6.07) is 1.79. The van der Waals surface area contributed by atoms with E-state index in [4.69, 9.17) is 0 Å². The molecule has 1 N–H and O–H groups in total. The molecule has 0 saturated heterocycles. The maximum absolute atomic E-state index is 11.5. The summed E-state index contributed by atoms with van der Waals surface area (Å²) in [6.07, 6.45) is 4.84. The predicted molar refractivity (Wildman–Crippen MR) is 53.5 cm³/mol. The van der Waals surface area contributed by atoms with E-state index >= 15 is 0 Å². The average Bonchev–Trinajstić information content (AvgIpc) is 2.74. The number of hydrogen-bond acceptors (Lipinski definition) is 5. The summed E-state index contributed by atoms with van der Waals surface area (Å²) in [6.45, 7) is 0.315. The Hall–Kier alpha value is -2.18. The molecule has 0 fully saturated rings. The highest BCUT2D eigenvalue weighted by Crippen LogP contribution is 1.89. The minimum Gasteiger partial charge on any atom is -0.357 e. The van der Waals surface area contributed by atoms with E-state index in [1.165, 1.54) is 10.9 Å². The SMILES string of the molecule is CNc1ncn(Cn2cccn2)c(=O)n1. The van der Waals surface area contributed by atoms with E-state index in [9.17, 15) is 4.79 Å².